The molecule has 0 aromatic heterocycles. The van der Waals surface area contributed by atoms with Gasteiger partial charge in [0.2, 0.25) is 0 Å². The predicted octanol–water partition coefficient (Wildman–Crippen LogP) is 9.80. The number of benzene rings is 2. The molecule has 0 fully saturated rings. The number of rotatable bonds is 20. The molecule has 1 N–H and O–H groups in total. The molecule has 220 valence electrons. The maximum atomic E-state index is 12.8. The SMILES string of the molecule is CCCCCCCCCCCCCCOc1c(Cl)cccc1OCC(=O)Nc1ccccc1CN1C=C(C)SC1. The number of nitrogens with zero attached hydrogens (tertiary/aromatic N) is 1. The Morgan fingerprint density at radius 3 is 2.25 bits per heavy atom. The van der Waals surface area contributed by atoms with Gasteiger partial charge in [-0.05, 0) is 42.0 Å². The van der Waals surface area contributed by atoms with E-state index in [9.17, 15) is 4.79 Å². The number of allylic oxidation sites excluding steroid dienone is 1. The molecule has 0 bridgehead atoms. The zero-order chi connectivity index (χ0) is 28.4. The van der Waals surface area contributed by atoms with E-state index in [1.165, 1.54) is 69.1 Å². The Kier molecular flexibility index (Phi) is 15.2. The number of para-hydroxylation sites is 2. The predicted molar refractivity (Wildman–Crippen MR) is 170 cm³/mol. The summed E-state index contributed by atoms with van der Waals surface area (Å²) < 4.78 is 11.9. The molecule has 1 heterocycles. The second-order valence-corrected chi connectivity index (χ2v) is 12.2. The highest BCUT2D eigenvalue weighted by molar-refractivity contribution is 8.03. The van der Waals surface area contributed by atoms with E-state index < -0.39 is 0 Å². The average Bonchev–Trinajstić information content (AvgIpc) is 3.36. The van der Waals surface area contributed by atoms with Crippen LogP contribution in [-0.4, -0.2) is 29.9 Å². The number of anilines is 1. The number of halogens is 1. The van der Waals surface area contributed by atoms with Gasteiger partial charge in [-0.3, -0.25) is 4.79 Å². The molecule has 0 atom stereocenters. The van der Waals surface area contributed by atoms with Gasteiger partial charge < -0.3 is 19.7 Å². The smallest absolute Gasteiger partial charge is 0.262 e. The third-order valence-corrected chi connectivity index (χ3v) is 8.34. The van der Waals surface area contributed by atoms with Crippen LogP contribution in [-0.2, 0) is 11.3 Å². The van der Waals surface area contributed by atoms with Crippen LogP contribution >= 0.6 is 23.4 Å². The van der Waals surface area contributed by atoms with Crippen molar-refractivity contribution < 1.29 is 14.3 Å². The first-order valence-corrected chi connectivity index (χ1v) is 16.4. The Balaban J connectivity index is 1.35. The van der Waals surface area contributed by atoms with Crippen molar-refractivity contribution in [2.45, 2.75) is 97.4 Å². The number of amides is 1. The summed E-state index contributed by atoms with van der Waals surface area (Å²) in [6.07, 6.45) is 17.7. The number of unbranched alkanes of at least 4 members (excludes halogenated alkanes) is 11. The summed E-state index contributed by atoms with van der Waals surface area (Å²) in [6.45, 7) is 5.58. The monoisotopic (exact) mass is 586 g/mol. The van der Waals surface area contributed by atoms with E-state index in [1.807, 2.05) is 42.1 Å². The van der Waals surface area contributed by atoms with Crippen molar-refractivity contribution in [3.05, 3.63) is 64.2 Å². The molecule has 40 heavy (non-hydrogen) atoms. The molecular formula is C33H47ClN2O3S. The van der Waals surface area contributed by atoms with Gasteiger partial charge in [0.1, 0.15) is 0 Å². The molecule has 0 aliphatic carbocycles. The Morgan fingerprint density at radius 2 is 1.57 bits per heavy atom. The first-order chi connectivity index (χ1) is 19.6. The highest BCUT2D eigenvalue weighted by Crippen LogP contribution is 2.35. The molecule has 1 aliphatic rings. The van der Waals surface area contributed by atoms with Crippen LogP contribution in [0.15, 0.2) is 53.6 Å². The minimum atomic E-state index is -0.221. The third-order valence-electron chi connectivity index (χ3n) is 7.02. The number of ether oxygens (including phenoxy) is 2. The summed E-state index contributed by atoms with van der Waals surface area (Å²) in [5.41, 5.74) is 1.87. The van der Waals surface area contributed by atoms with Gasteiger partial charge in [0.05, 0.1) is 17.5 Å². The number of carbonyl (C=O) groups excluding carboxylic acids is 1. The third kappa shape index (κ3) is 12.1. The molecular weight excluding hydrogens is 540 g/mol. The number of nitrogens with one attached hydrogen (secondary N) is 1. The molecule has 2 aromatic carbocycles. The largest absolute Gasteiger partial charge is 0.488 e. The first-order valence-electron chi connectivity index (χ1n) is 15.0. The quantitative estimate of drug-likeness (QED) is 0.156. The minimum absolute atomic E-state index is 0.123. The molecule has 0 radical (unpaired) electrons. The topological polar surface area (TPSA) is 50.8 Å². The van der Waals surface area contributed by atoms with E-state index in [0.717, 1.165) is 36.5 Å². The summed E-state index contributed by atoms with van der Waals surface area (Å²) in [7, 11) is 0. The molecule has 0 spiro atoms. The lowest BCUT2D eigenvalue weighted by Gasteiger charge is -2.18. The highest BCUT2D eigenvalue weighted by atomic mass is 35.5. The molecule has 0 saturated carbocycles. The van der Waals surface area contributed by atoms with Gasteiger partial charge in [0.15, 0.2) is 18.1 Å². The van der Waals surface area contributed by atoms with E-state index in [4.69, 9.17) is 21.1 Å². The lowest BCUT2D eigenvalue weighted by atomic mass is 10.1. The molecule has 2 aromatic rings. The van der Waals surface area contributed by atoms with Gasteiger partial charge in [0.25, 0.3) is 5.91 Å². The molecule has 5 nitrogen and oxygen atoms in total. The van der Waals surface area contributed by atoms with E-state index in [-0.39, 0.29) is 12.5 Å². The molecule has 1 amide bonds. The van der Waals surface area contributed by atoms with Crippen molar-refractivity contribution >= 4 is 35.0 Å². The van der Waals surface area contributed by atoms with Gasteiger partial charge in [-0.25, -0.2) is 0 Å². The summed E-state index contributed by atoms with van der Waals surface area (Å²) in [4.78, 5) is 16.3. The molecule has 1 aliphatic heterocycles. The van der Waals surface area contributed by atoms with E-state index in [1.54, 1.807) is 12.1 Å². The van der Waals surface area contributed by atoms with E-state index in [2.05, 4.69) is 30.3 Å². The maximum Gasteiger partial charge on any atom is 0.262 e. The Hall–Kier alpha value is -2.31. The van der Waals surface area contributed by atoms with Crippen LogP contribution in [0.5, 0.6) is 11.5 Å². The number of thioether (sulfide) groups is 1. The van der Waals surface area contributed by atoms with Crippen LogP contribution in [0.4, 0.5) is 5.69 Å². The zero-order valence-electron chi connectivity index (χ0n) is 24.4. The average molecular weight is 587 g/mol. The Bertz CT molecular complexity index is 1060. The standard InChI is InChI=1S/C33H47ClN2O3S/c1-3-4-5-6-7-8-9-10-11-12-13-16-22-38-33-29(34)19-17-21-31(33)39-25-32(37)35-30-20-15-14-18-28(30)24-36-23-27(2)40-26-36/h14-15,17-21,23H,3-13,16,22,24-26H2,1-2H3,(H,35,37). The molecule has 3 rings (SSSR count). The van der Waals surface area contributed by atoms with Crippen LogP contribution in [0.1, 0.15) is 96.5 Å². The first kappa shape index (κ1) is 32.2. The molecule has 7 heteroatoms. The van der Waals surface area contributed by atoms with Crippen LogP contribution < -0.4 is 14.8 Å². The lowest BCUT2D eigenvalue weighted by molar-refractivity contribution is -0.118. The van der Waals surface area contributed by atoms with Crippen LogP contribution in [0.2, 0.25) is 5.02 Å². The minimum Gasteiger partial charge on any atom is -0.488 e. The fourth-order valence-corrected chi connectivity index (χ4v) is 5.78. The second-order valence-electron chi connectivity index (χ2n) is 10.6. The zero-order valence-corrected chi connectivity index (χ0v) is 26.0. The van der Waals surface area contributed by atoms with Gasteiger partial charge in [0, 0.05) is 18.4 Å². The normalized spacial score (nSPS) is 12.9. The van der Waals surface area contributed by atoms with Crippen molar-refractivity contribution in [3.63, 3.8) is 0 Å². The number of hydrogen-bond acceptors (Lipinski definition) is 5. The Morgan fingerprint density at radius 1 is 0.900 bits per heavy atom. The molecule has 0 saturated heterocycles. The maximum absolute atomic E-state index is 12.8. The van der Waals surface area contributed by atoms with Crippen LogP contribution in [0.25, 0.3) is 0 Å². The van der Waals surface area contributed by atoms with Crippen molar-refractivity contribution in [3.8, 4) is 11.5 Å². The van der Waals surface area contributed by atoms with Crippen molar-refractivity contribution in [1.29, 1.82) is 0 Å². The summed E-state index contributed by atoms with van der Waals surface area (Å²) in [5, 5.41) is 3.50. The Labute approximate surface area is 251 Å². The van der Waals surface area contributed by atoms with Gasteiger partial charge >= 0.3 is 0 Å². The van der Waals surface area contributed by atoms with Gasteiger partial charge in [-0.15, -0.1) is 11.8 Å². The fraction of sp³-hybridized carbons (Fsp3) is 0.545. The van der Waals surface area contributed by atoms with Gasteiger partial charge in [-0.2, -0.15) is 0 Å². The van der Waals surface area contributed by atoms with Crippen molar-refractivity contribution in [2.24, 2.45) is 0 Å². The van der Waals surface area contributed by atoms with Crippen LogP contribution in [0.3, 0.4) is 0 Å². The number of hydrogen-bond donors (Lipinski definition) is 1. The summed E-state index contributed by atoms with van der Waals surface area (Å²) in [6, 6.07) is 13.3. The fourth-order valence-electron chi connectivity index (χ4n) is 4.80. The van der Waals surface area contributed by atoms with E-state index in [0.29, 0.717) is 23.1 Å². The highest BCUT2D eigenvalue weighted by Gasteiger charge is 2.15. The van der Waals surface area contributed by atoms with Crippen molar-refractivity contribution in [2.75, 3.05) is 24.4 Å². The van der Waals surface area contributed by atoms with Crippen molar-refractivity contribution in [1.82, 2.24) is 4.90 Å². The number of carbonyl (C=O) groups is 1. The lowest BCUT2D eigenvalue weighted by Crippen LogP contribution is -2.22. The second kappa shape index (κ2) is 18.9. The summed E-state index contributed by atoms with van der Waals surface area (Å²) in [5.74, 6) is 1.70. The van der Waals surface area contributed by atoms with Crippen LogP contribution in [0, 0.1) is 0 Å². The van der Waals surface area contributed by atoms with E-state index >= 15 is 0 Å². The molecule has 0 unspecified atom stereocenters. The summed E-state index contributed by atoms with van der Waals surface area (Å²) >= 11 is 8.25. The van der Waals surface area contributed by atoms with Gasteiger partial charge in [-0.1, -0.05) is 113 Å².